The van der Waals surface area contributed by atoms with E-state index >= 15 is 0 Å². The lowest BCUT2D eigenvalue weighted by molar-refractivity contribution is 0.0953. The Kier molecular flexibility index (Phi) is 3.50. The molecule has 0 spiro atoms. The average molecular weight is 289 g/mol. The zero-order valence-corrected chi connectivity index (χ0v) is 12.2. The van der Waals surface area contributed by atoms with Gasteiger partial charge in [-0.25, -0.2) is 9.50 Å². The van der Waals surface area contributed by atoms with Crippen LogP contribution < -0.4 is 10.2 Å². The molecule has 7 nitrogen and oxygen atoms in total. The summed E-state index contributed by atoms with van der Waals surface area (Å²) < 4.78 is 1.58. The summed E-state index contributed by atoms with van der Waals surface area (Å²) in [5, 5.41) is 16.3. The SMILES string of the molecule is CNC(=O)c1nc2c(CO)cc(N3CCC(C)C3)cn2n1. The standard InChI is InChI=1S/C14H19N5O2/c1-9-3-4-18(6-9)11-5-10(8-20)13-16-12(14(21)15-2)17-19(13)7-11/h5,7,9,20H,3-4,6,8H2,1-2H3,(H,15,21). The van der Waals surface area contributed by atoms with E-state index in [9.17, 15) is 9.90 Å². The molecule has 1 aliphatic heterocycles. The van der Waals surface area contributed by atoms with Gasteiger partial charge in [-0.1, -0.05) is 6.92 Å². The Labute approximate surface area is 122 Å². The highest BCUT2D eigenvalue weighted by molar-refractivity contribution is 5.90. The van der Waals surface area contributed by atoms with Gasteiger partial charge in [0, 0.05) is 25.7 Å². The predicted octanol–water partition coefficient (Wildman–Crippen LogP) is 0.427. The molecule has 3 heterocycles. The van der Waals surface area contributed by atoms with Crippen molar-refractivity contribution < 1.29 is 9.90 Å². The lowest BCUT2D eigenvalue weighted by Gasteiger charge is -2.19. The highest BCUT2D eigenvalue weighted by atomic mass is 16.3. The summed E-state index contributed by atoms with van der Waals surface area (Å²) in [6, 6.07) is 1.93. The van der Waals surface area contributed by atoms with E-state index in [1.807, 2.05) is 12.3 Å². The molecule has 1 fully saturated rings. The predicted molar refractivity (Wildman–Crippen MR) is 78.3 cm³/mol. The van der Waals surface area contributed by atoms with Gasteiger partial charge < -0.3 is 15.3 Å². The van der Waals surface area contributed by atoms with Crippen LogP contribution in [-0.4, -0.2) is 45.7 Å². The molecule has 1 amide bonds. The summed E-state index contributed by atoms with van der Waals surface area (Å²) >= 11 is 0. The number of aromatic nitrogens is 3. The third-order valence-corrected chi connectivity index (χ3v) is 3.88. The monoisotopic (exact) mass is 289 g/mol. The van der Waals surface area contributed by atoms with Crippen LogP contribution in [0.5, 0.6) is 0 Å². The second-order valence-corrected chi connectivity index (χ2v) is 5.50. The Bertz CT molecular complexity index is 681. The highest BCUT2D eigenvalue weighted by Crippen LogP contribution is 2.25. The molecule has 0 aliphatic carbocycles. The van der Waals surface area contributed by atoms with Gasteiger partial charge in [0.05, 0.1) is 18.5 Å². The molecule has 1 aliphatic rings. The fraction of sp³-hybridized carbons (Fsp3) is 0.500. The van der Waals surface area contributed by atoms with Crippen molar-refractivity contribution in [2.45, 2.75) is 20.0 Å². The van der Waals surface area contributed by atoms with E-state index in [4.69, 9.17) is 0 Å². The minimum Gasteiger partial charge on any atom is -0.392 e. The van der Waals surface area contributed by atoms with Gasteiger partial charge >= 0.3 is 0 Å². The van der Waals surface area contributed by atoms with Gasteiger partial charge in [0.2, 0.25) is 5.82 Å². The van der Waals surface area contributed by atoms with Crippen molar-refractivity contribution in [1.29, 1.82) is 0 Å². The lowest BCUT2D eigenvalue weighted by Crippen LogP contribution is -2.20. The molecule has 1 atom stereocenters. The van der Waals surface area contributed by atoms with E-state index in [1.54, 1.807) is 4.52 Å². The Morgan fingerprint density at radius 3 is 3.00 bits per heavy atom. The number of nitrogens with zero attached hydrogens (tertiary/aromatic N) is 4. The minimum absolute atomic E-state index is 0.110. The molecule has 0 radical (unpaired) electrons. The van der Waals surface area contributed by atoms with Crippen LogP contribution in [0.15, 0.2) is 12.3 Å². The Balaban J connectivity index is 2.06. The number of carbonyl (C=O) groups excluding carboxylic acids is 1. The third kappa shape index (κ3) is 2.44. The van der Waals surface area contributed by atoms with Crippen molar-refractivity contribution in [3.05, 3.63) is 23.7 Å². The molecule has 7 heteroatoms. The first-order valence-corrected chi connectivity index (χ1v) is 7.09. The fourth-order valence-corrected chi connectivity index (χ4v) is 2.70. The van der Waals surface area contributed by atoms with Crippen LogP contribution in [0.25, 0.3) is 5.65 Å². The molecule has 1 unspecified atom stereocenters. The van der Waals surface area contributed by atoms with Crippen LogP contribution in [0.1, 0.15) is 29.5 Å². The first-order chi connectivity index (χ1) is 10.1. The van der Waals surface area contributed by atoms with Gasteiger partial charge in [-0.05, 0) is 18.4 Å². The highest BCUT2D eigenvalue weighted by Gasteiger charge is 2.21. The van der Waals surface area contributed by atoms with E-state index in [0.717, 1.165) is 25.2 Å². The molecule has 0 saturated carbocycles. The summed E-state index contributed by atoms with van der Waals surface area (Å²) in [7, 11) is 1.54. The molecular formula is C14H19N5O2. The maximum atomic E-state index is 11.6. The Hall–Kier alpha value is -2.15. The van der Waals surface area contributed by atoms with Crippen molar-refractivity contribution >= 4 is 17.2 Å². The number of pyridine rings is 1. The van der Waals surface area contributed by atoms with Crippen molar-refractivity contribution in [1.82, 2.24) is 19.9 Å². The normalized spacial score (nSPS) is 18.4. The smallest absolute Gasteiger partial charge is 0.290 e. The topological polar surface area (TPSA) is 82.8 Å². The van der Waals surface area contributed by atoms with Crippen LogP contribution in [0, 0.1) is 5.92 Å². The van der Waals surface area contributed by atoms with Gasteiger partial charge in [-0.15, -0.1) is 5.10 Å². The summed E-state index contributed by atoms with van der Waals surface area (Å²) in [6.45, 7) is 4.08. The lowest BCUT2D eigenvalue weighted by atomic mass is 10.2. The molecule has 2 N–H and O–H groups in total. The van der Waals surface area contributed by atoms with E-state index < -0.39 is 0 Å². The zero-order chi connectivity index (χ0) is 15.0. The molecule has 3 rings (SSSR count). The van der Waals surface area contributed by atoms with Crippen LogP contribution in [0.2, 0.25) is 0 Å². The van der Waals surface area contributed by atoms with Crippen molar-refractivity contribution in [2.75, 3.05) is 25.0 Å². The van der Waals surface area contributed by atoms with Gasteiger partial charge in [0.25, 0.3) is 5.91 Å². The fourth-order valence-electron chi connectivity index (χ4n) is 2.70. The Morgan fingerprint density at radius 2 is 2.38 bits per heavy atom. The number of rotatable bonds is 3. The second kappa shape index (κ2) is 5.33. The second-order valence-electron chi connectivity index (χ2n) is 5.50. The summed E-state index contributed by atoms with van der Waals surface area (Å²) in [5.41, 5.74) is 2.20. The molecule has 2 aromatic heterocycles. The maximum Gasteiger partial charge on any atom is 0.290 e. The van der Waals surface area contributed by atoms with E-state index in [0.29, 0.717) is 17.1 Å². The molecule has 2 aromatic rings. The van der Waals surface area contributed by atoms with Gasteiger partial charge in [-0.2, -0.15) is 0 Å². The molecular weight excluding hydrogens is 270 g/mol. The van der Waals surface area contributed by atoms with Crippen molar-refractivity contribution in [3.63, 3.8) is 0 Å². The zero-order valence-electron chi connectivity index (χ0n) is 12.2. The quantitative estimate of drug-likeness (QED) is 0.856. The number of anilines is 1. The molecule has 1 saturated heterocycles. The van der Waals surface area contributed by atoms with Crippen LogP contribution >= 0.6 is 0 Å². The molecule has 0 aromatic carbocycles. The van der Waals surface area contributed by atoms with Gasteiger partial charge in [0.1, 0.15) is 0 Å². The maximum absolute atomic E-state index is 11.6. The van der Waals surface area contributed by atoms with Gasteiger partial charge in [-0.3, -0.25) is 4.79 Å². The largest absolute Gasteiger partial charge is 0.392 e. The van der Waals surface area contributed by atoms with Crippen LogP contribution in [0.4, 0.5) is 5.69 Å². The molecule has 0 bridgehead atoms. The van der Waals surface area contributed by atoms with Crippen LogP contribution in [0.3, 0.4) is 0 Å². The molecule has 112 valence electrons. The third-order valence-electron chi connectivity index (χ3n) is 3.88. The number of aliphatic hydroxyl groups is 1. The number of amides is 1. The molecule has 21 heavy (non-hydrogen) atoms. The summed E-state index contributed by atoms with van der Waals surface area (Å²) in [5.74, 6) is 0.438. The number of nitrogens with one attached hydrogen (secondary N) is 1. The van der Waals surface area contributed by atoms with Crippen molar-refractivity contribution in [3.8, 4) is 0 Å². The van der Waals surface area contributed by atoms with Crippen molar-refractivity contribution in [2.24, 2.45) is 5.92 Å². The number of carbonyl (C=O) groups is 1. The van der Waals surface area contributed by atoms with E-state index in [2.05, 4.69) is 27.2 Å². The average Bonchev–Trinajstić information content (AvgIpc) is 3.11. The number of hydrogen-bond acceptors (Lipinski definition) is 5. The minimum atomic E-state index is -0.334. The first-order valence-electron chi connectivity index (χ1n) is 7.09. The number of fused-ring (bicyclic) bond motifs is 1. The Morgan fingerprint density at radius 1 is 1.57 bits per heavy atom. The first kappa shape index (κ1) is 13.8. The number of aliphatic hydroxyl groups excluding tert-OH is 1. The van der Waals surface area contributed by atoms with Gasteiger partial charge in [0.15, 0.2) is 5.65 Å². The number of hydrogen-bond donors (Lipinski definition) is 2. The summed E-state index contributed by atoms with van der Waals surface area (Å²) in [4.78, 5) is 18.1. The van der Waals surface area contributed by atoms with Crippen LogP contribution in [-0.2, 0) is 6.61 Å². The summed E-state index contributed by atoms with van der Waals surface area (Å²) in [6.07, 6.45) is 3.03. The van der Waals surface area contributed by atoms with E-state index in [-0.39, 0.29) is 18.3 Å². The van der Waals surface area contributed by atoms with E-state index in [1.165, 1.54) is 7.05 Å².